The lowest BCUT2D eigenvalue weighted by Gasteiger charge is -2.11. The maximum Gasteiger partial charge on any atom is 0.309 e. The van der Waals surface area contributed by atoms with Crippen molar-refractivity contribution < 1.29 is 17.7 Å². The molecule has 0 heterocycles. The van der Waals surface area contributed by atoms with Crippen LogP contribution >= 0.6 is 0 Å². The number of sulfonamides is 1. The average Bonchev–Trinajstić information content (AvgIpc) is 2.14. The predicted molar refractivity (Wildman–Crippen MR) is 63.4 cm³/mol. The minimum Gasteiger partial charge on any atom is -0.258 e. The van der Waals surface area contributed by atoms with Gasteiger partial charge in [0.25, 0.3) is 0 Å². The Morgan fingerprint density at radius 3 is 2.44 bits per heavy atom. The summed E-state index contributed by atoms with van der Waals surface area (Å²) < 4.78 is 39.5. The first-order chi connectivity index (χ1) is 8.22. The van der Waals surface area contributed by atoms with E-state index in [0.717, 1.165) is 6.07 Å². The molecule has 0 saturated carbocycles. The van der Waals surface area contributed by atoms with E-state index < -0.39 is 26.5 Å². The van der Waals surface area contributed by atoms with E-state index in [2.05, 4.69) is 4.72 Å². The van der Waals surface area contributed by atoms with Crippen LogP contribution in [0.4, 0.5) is 10.1 Å². The summed E-state index contributed by atoms with van der Waals surface area (Å²) in [5.41, 5.74) is -0.868. The van der Waals surface area contributed by atoms with E-state index in [0.29, 0.717) is 0 Å². The van der Waals surface area contributed by atoms with Crippen LogP contribution in [0.3, 0.4) is 0 Å². The fourth-order valence-electron chi connectivity index (χ4n) is 1.81. The van der Waals surface area contributed by atoms with E-state index in [1.54, 1.807) is 6.92 Å². The molecule has 1 aromatic rings. The summed E-state index contributed by atoms with van der Waals surface area (Å²) in [7, 11) is -3.87. The summed E-state index contributed by atoms with van der Waals surface area (Å²) >= 11 is 0. The van der Waals surface area contributed by atoms with Crippen LogP contribution < -0.4 is 4.72 Å². The number of benzene rings is 1. The van der Waals surface area contributed by atoms with Crippen molar-refractivity contribution in [1.29, 1.82) is 0 Å². The molecule has 6 nitrogen and oxygen atoms in total. The molecule has 0 amide bonds. The lowest BCUT2D eigenvalue weighted by molar-refractivity contribution is -0.388. The topological polar surface area (TPSA) is 89.3 Å². The van der Waals surface area contributed by atoms with Crippen LogP contribution in [0.15, 0.2) is 11.0 Å². The van der Waals surface area contributed by atoms with E-state index in [-0.39, 0.29) is 22.6 Å². The zero-order valence-electron chi connectivity index (χ0n) is 10.2. The smallest absolute Gasteiger partial charge is 0.258 e. The molecule has 0 aromatic heterocycles. The molecule has 0 aliphatic rings. The molecule has 0 radical (unpaired) electrons. The van der Waals surface area contributed by atoms with E-state index in [1.165, 1.54) is 13.8 Å². The van der Waals surface area contributed by atoms with Crippen molar-refractivity contribution in [2.24, 2.45) is 0 Å². The third kappa shape index (κ3) is 2.49. The zero-order chi connectivity index (χ0) is 14.1. The van der Waals surface area contributed by atoms with Gasteiger partial charge in [-0.3, -0.25) is 10.1 Å². The molecular formula is C10H13FN2O4S. The normalized spacial score (nSPS) is 11.6. The Bertz CT molecular complexity index is 598. The highest BCUT2D eigenvalue weighted by Gasteiger charge is 2.28. The van der Waals surface area contributed by atoms with E-state index in [9.17, 15) is 22.9 Å². The molecule has 0 aliphatic carbocycles. The number of nitrogens with one attached hydrogen (secondary N) is 1. The predicted octanol–water partition coefficient (Wildman–Crippen LogP) is 1.65. The summed E-state index contributed by atoms with van der Waals surface area (Å²) in [6.45, 7) is 4.34. The van der Waals surface area contributed by atoms with Crippen LogP contribution in [0.1, 0.15) is 18.1 Å². The molecular weight excluding hydrogens is 263 g/mol. The van der Waals surface area contributed by atoms with Gasteiger partial charge in [-0.25, -0.2) is 13.1 Å². The van der Waals surface area contributed by atoms with Gasteiger partial charge in [-0.1, -0.05) is 6.92 Å². The minimum absolute atomic E-state index is 0.136. The Morgan fingerprint density at radius 1 is 1.44 bits per heavy atom. The van der Waals surface area contributed by atoms with Crippen molar-refractivity contribution in [3.05, 3.63) is 33.1 Å². The summed E-state index contributed by atoms with van der Waals surface area (Å²) in [5.74, 6) is -1.04. The molecule has 8 heteroatoms. The van der Waals surface area contributed by atoms with Crippen molar-refractivity contribution >= 4 is 15.7 Å². The second kappa shape index (κ2) is 4.99. The highest BCUT2D eigenvalue weighted by atomic mass is 32.2. The Balaban J connectivity index is 3.66. The summed E-state index contributed by atoms with van der Waals surface area (Å²) in [4.78, 5) is 9.58. The van der Waals surface area contributed by atoms with Gasteiger partial charge in [-0.05, 0) is 25.5 Å². The number of nitro groups is 1. The number of nitrogens with zero attached hydrogens (tertiary/aromatic N) is 1. The molecule has 1 rings (SSSR count). The highest BCUT2D eigenvalue weighted by Crippen LogP contribution is 2.30. The van der Waals surface area contributed by atoms with Gasteiger partial charge >= 0.3 is 5.69 Å². The monoisotopic (exact) mass is 276 g/mol. The van der Waals surface area contributed by atoms with Crippen LogP contribution in [0.25, 0.3) is 0 Å². The van der Waals surface area contributed by atoms with Gasteiger partial charge < -0.3 is 0 Å². The molecule has 1 aromatic carbocycles. The van der Waals surface area contributed by atoms with E-state index in [4.69, 9.17) is 0 Å². The molecule has 0 atom stereocenters. The maximum atomic E-state index is 13.5. The van der Waals surface area contributed by atoms with Crippen molar-refractivity contribution in [1.82, 2.24) is 4.72 Å². The molecule has 0 fully saturated rings. The average molecular weight is 276 g/mol. The van der Waals surface area contributed by atoms with Gasteiger partial charge in [-0.15, -0.1) is 0 Å². The molecule has 1 N–H and O–H groups in total. The number of hydrogen-bond acceptors (Lipinski definition) is 4. The van der Waals surface area contributed by atoms with Gasteiger partial charge in [0.15, 0.2) is 0 Å². The zero-order valence-corrected chi connectivity index (χ0v) is 11.0. The summed E-state index contributed by atoms with van der Waals surface area (Å²) in [6, 6.07) is 0.857. The third-order valence-electron chi connectivity index (χ3n) is 2.41. The first kappa shape index (κ1) is 14.5. The first-order valence-corrected chi connectivity index (χ1v) is 6.64. The number of hydrogen-bond donors (Lipinski definition) is 1. The lowest BCUT2D eigenvalue weighted by atomic mass is 10.1. The van der Waals surface area contributed by atoms with Crippen LogP contribution in [-0.2, 0) is 10.0 Å². The van der Waals surface area contributed by atoms with Crippen LogP contribution in [0.5, 0.6) is 0 Å². The van der Waals surface area contributed by atoms with Gasteiger partial charge in [0.2, 0.25) is 15.8 Å². The number of aryl methyl sites for hydroxylation is 1. The van der Waals surface area contributed by atoms with Crippen LogP contribution in [0.2, 0.25) is 0 Å². The van der Waals surface area contributed by atoms with Gasteiger partial charge in [0.05, 0.1) is 15.4 Å². The van der Waals surface area contributed by atoms with Crippen molar-refractivity contribution in [3.63, 3.8) is 0 Å². The Hall–Kier alpha value is -1.54. The van der Waals surface area contributed by atoms with Crippen molar-refractivity contribution in [3.8, 4) is 0 Å². The molecule has 0 bridgehead atoms. The standard InChI is InChI=1S/C10H13FN2O4S/c1-4-12-18(16,17)10-6(2)5-8(11)9(7(10)3)13(14)15/h5,12H,4H2,1-3H3. The van der Waals surface area contributed by atoms with Crippen LogP contribution in [-0.4, -0.2) is 19.9 Å². The van der Waals surface area contributed by atoms with E-state index in [1.807, 2.05) is 0 Å². The second-order valence-electron chi connectivity index (χ2n) is 3.74. The SMILES string of the molecule is CCNS(=O)(=O)c1c(C)cc(F)c([N+](=O)[O-])c1C. The largest absolute Gasteiger partial charge is 0.309 e. The molecule has 0 saturated heterocycles. The quantitative estimate of drug-likeness (QED) is 0.668. The molecule has 0 spiro atoms. The van der Waals surface area contributed by atoms with Crippen molar-refractivity contribution in [2.75, 3.05) is 6.54 Å². The fraction of sp³-hybridized carbons (Fsp3) is 0.400. The number of nitro benzene ring substituents is 1. The molecule has 0 unspecified atom stereocenters. The summed E-state index contributed by atoms with van der Waals surface area (Å²) in [6.07, 6.45) is 0. The maximum absolute atomic E-state index is 13.5. The van der Waals surface area contributed by atoms with Gasteiger partial charge in [0.1, 0.15) is 0 Å². The minimum atomic E-state index is -3.87. The molecule has 18 heavy (non-hydrogen) atoms. The van der Waals surface area contributed by atoms with Crippen LogP contribution in [0, 0.1) is 29.8 Å². The fourth-order valence-corrected chi connectivity index (χ4v) is 3.31. The van der Waals surface area contributed by atoms with Gasteiger partial charge in [0, 0.05) is 6.54 Å². The Morgan fingerprint density at radius 2 is 2.00 bits per heavy atom. The highest BCUT2D eigenvalue weighted by molar-refractivity contribution is 7.89. The van der Waals surface area contributed by atoms with E-state index >= 15 is 0 Å². The van der Waals surface area contributed by atoms with Gasteiger partial charge in [-0.2, -0.15) is 4.39 Å². The number of rotatable bonds is 4. The summed E-state index contributed by atoms with van der Waals surface area (Å²) in [5, 5.41) is 10.7. The molecule has 100 valence electrons. The third-order valence-corrected chi connectivity index (χ3v) is 4.24. The second-order valence-corrected chi connectivity index (χ2v) is 5.44. The first-order valence-electron chi connectivity index (χ1n) is 5.16. The van der Waals surface area contributed by atoms with Crippen molar-refractivity contribution in [2.45, 2.75) is 25.7 Å². The lowest BCUT2D eigenvalue weighted by Crippen LogP contribution is -2.25. The molecule has 0 aliphatic heterocycles. The Kier molecular flexibility index (Phi) is 4.02. The Labute approximate surface area is 104 Å². The number of halogens is 1.